The molecule has 0 heterocycles. The monoisotopic (exact) mass is 267 g/mol. The Bertz CT molecular complexity index is 462. The summed E-state index contributed by atoms with van der Waals surface area (Å²) in [7, 11) is 0. The zero-order valence-electron chi connectivity index (χ0n) is 10.7. The minimum absolute atomic E-state index is 0.0526. The van der Waals surface area contributed by atoms with Crippen molar-refractivity contribution in [3.63, 3.8) is 0 Å². The average Bonchev–Trinajstić information content (AvgIpc) is 2.42. The number of carbonyl (C=O) groups is 1. The number of hydrogen-bond acceptors (Lipinski definition) is 5. The maximum Gasteiger partial charge on any atom is 0.270 e. The van der Waals surface area contributed by atoms with Crippen LogP contribution < -0.4 is 15.8 Å². The maximum absolute atomic E-state index is 11.4. The van der Waals surface area contributed by atoms with Crippen molar-refractivity contribution in [1.29, 1.82) is 0 Å². The minimum atomic E-state index is -0.503. The summed E-state index contributed by atoms with van der Waals surface area (Å²) in [4.78, 5) is 21.5. The van der Waals surface area contributed by atoms with Gasteiger partial charge in [-0.25, -0.2) is 0 Å². The summed E-state index contributed by atoms with van der Waals surface area (Å²) >= 11 is 0. The largest absolute Gasteiger partial charge is 0.483 e. The Kier molecular flexibility index (Phi) is 5.74. The Balaban J connectivity index is 2.68. The number of nitrogens with zero attached hydrogens (tertiary/aromatic N) is 1. The summed E-state index contributed by atoms with van der Waals surface area (Å²) in [6, 6.07) is 4.12. The fourth-order valence-corrected chi connectivity index (χ4v) is 1.44. The lowest BCUT2D eigenvalue weighted by molar-refractivity contribution is -0.384. The highest BCUT2D eigenvalue weighted by Crippen LogP contribution is 2.23. The Labute approximate surface area is 110 Å². The number of nitrogens with two attached hydrogens (primary N) is 1. The smallest absolute Gasteiger partial charge is 0.270 e. The number of nitro benzene ring substituents is 1. The van der Waals surface area contributed by atoms with E-state index in [1.165, 1.54) is 18.2 Å². The molecule has 0 radical (unpaired) electrons. The van der Waals surface area contributed by atoms with Crippen LogP contribution in [0.5, 0.6) is 5.75 Å². The van der Waals surface area contributed by atoms with Gasteiger partial charge in [0, 0.05) is 30.8 Å². The lowest BCUT2D eigenvalue weighted by Crippen LogP contribution is -2.29. The molecule has 0 saturated heterocycles. The van der Waals surface area contributed by atoms with Crippen molar-refractivity contribution in [1.82, 2.24) is 5.32 Å². The molecule has 1 amide bonds. The van der Waals surface area contributed by atoms with Crippen molar-refractivity contribution in [2.75, 3.05) is 13.2 Å². The zero-order valence-corrected chi connectivity index (χ0v) is 10.7. The van der Waals surface area contributed by atoms with Gasteiger partial charge in [0.25, 0.3) is 11.6 Å². The molecule has 19 heavy (non-hydrogen) atoms. The third-order valence-corrected chi connectivity index (χ3v) is 2.41. The van der Waals surface area contributed by atoms with Gasteiger partial charge in [0.05, 0.1) is 4.92 Å². The molecule has 1 rings (SSSR count). The topological polar surface area (TPSA) is 107 Å². The van der Waals surface area contributed by atoms with E-state index in [2.05, 4.69) is 5.32 Å². The molecule has 0 aliphatic carbocycles. The number of nitrogens with one attached hydrogen (secondary N) is 1. The maximum atomic E-state index is 11.4. The van der Waals surface area contributed by atoms with Gasteiger partial charge in [-0.1, -0.05) is 6.92 Å². The predicted octanol–water partition coefficient (Wildman–Crippen LogP) is 0.958. The van der Waals surface area contributed by atoms with Crippen LogP contribution in [0.3, 0.4) is 0 Å². The number of ether oxygens (including phenoxy) is 1. The average molecular weight is 267 g/mol. The van der Waals surface area contributed by atoms with E-state index >= 15 is 0 Å². The summed E-state index contributed by atoms with van der Waals surface area (Å²) < 4.78 is 5.31. The lowest BCUT2D eigenvalue weighted by Gasteiger charge is -2.10. The van der Waals surface area contributed by atoms with E-state index in [0.717, 1.165) is 6.42 Å². The number of carbonyl (C=O) groups excluding carboxylic acids is 1. The van der Waals surface area contributed by atoms with Crippen molar-refractivity contribution in [3.05, 3.63) is 33.9 Å². The lowest BCUT2D eigenvalue weighted by atomic mass is 10.2. The number of rotatable bonds is 7. The van der Waals surface area contributed by atoms with Crippen LogP contribution in [-0.2, 0) is 11.3 Å². The highest BCUT2D eigenvalue weighted by Gasteiger charge is 2.11. The van der Waals surface area contributed by atoms with E-state index in [1.807, 2.05) is 6.92 Å². The normalized spacial score (nSPS) is 10.0. The van der Waals surface area contributed by atoms with Crippen molar-refractivity contribution in [3.8, 4) is 5.75 Å². The number of hydrogen-bond donors (Lipinski definition) is 2. The summed E-state index contributed by atoms with van der Waals surface area (Å²) in [6.07, 6.45) is 0.845. The molecule has 0 saturated carbocycles. The summed E-state index contributed by atoms with van der Waals surface area (Å²) in [5, 5.41) is 13.3. The van der Waals surface area contributed by atoms with Gasteiger partial charge in [-0.3, -0.25) is 14.9 Å². The first-order chi connectivity index (χ1) is 9.08. The van der Waals surface area contributed by atoms with Crippen LogP contribution in [0.2, 0.25) is 0 Å². The molecule has 0 aliphatic rings. The van der Waals surface area contributed by atoms with E-state index in [0.29, 0.717) is 17.9 Å². The van der Waals surface area contributed by atoms with E-state index in [1.54, 1.807) is 0 Å². The Hall–Kier alpha value is -2.15. The molecule has 0 spiro atoms. The molecule has 104 valence electrons. The first-order valence-electron chi connectivity index (χ1n) is 5.95. The van der Waals surface area contributed by atoms with Gasteiger partial charge in [-0.05, 0) is 12.5 Å². The Morgan fingerprint density at radius 3 is 2.84 bits per heavy atom. The van der Waals surface area contributed by atoms with Gasteiger partial charge >= 0.3 is 0 Å². The number of non-ortho nitro benzene ring substituents is 1. The van der Waals surface area contributed by atoms with Crippen molar-refractivity contribution in [2.24, 2.45) is 5.73 Å². The third kappa shape index (κ3) is 4.55. The standard InChI is InChI=1S/C12H17N3O4/c1-2-5-14-12(16)8-19-11-4-3-10(15(17)18)6-9(11)7-13/h3-4,6H,2,5,7-8,13H2,1H3,(H,14,16). The van der Waals surface area contributed by atoms with Crippen LogP contribution in [0.1, 0.15) is 18.9 Å². The SMILES string of the molecule is CCCNC(=O)COc1ccc([N+](=O)[O-])cc1CN. The van der Waals surface area contributed by atoms with Crippen LogP contribution >= 0.6 is 0 Å². The molecule has 0 unspecified atom stereocenters. The van der Waals surface area contributed by atoms with Crippen molar-refractivity contribution in [2.45, 2.75) is 19.9 Å². The molecule has 1 aromatic rings. The van der Waals surface area contributed by atoms with Gasteiger partial charge < -0.3 is 15.8 Å². The predicted molar refractivity (Wildman–Crippen MR) is 69.8 cm³/mol. The van der Waals surface area contributed by atoms with E-state index in [9.17, 15) is 14.9 Å². The second-order valence-corrected chi connectivity index (χ2v) is 3.89. The molecule has 0 atom stereocenters. The van der Waals surface area contributed by atoms with E-state index in [4.69, 9.17) is 10.5 Å². The van der Waals surface area contributed by atoms with E-state index in [-0.39, 0.29) is 24.7 Å². The first-order valence-corrected chi connectivity index (χ1v) is 5.95. The van der Waals surface area contributed by atoms with Gasteiger partial charge in [-0.15, -0.1) is 0 Å². The molecule has 0 fully saturated rings. The second kappa shape index (κ2) is 7.32. The molecule has 1 aromatic carbocycles. The van der Waals surface area contributed by atoms with Crippen LogP contribution in [0.15, 0.2) is 18.2 Å². The van der Waals surface area contributed by atoms with Crippen LogP contribution in [0.4, 0.5) is 5.69 Å². The van der Waals surface area contributed by atoms with Gasteiger partial charge in [0.1, 0.15) is 5.75 Å². The summed E-state index contributed by atoms with van der Waals surface area (Å²) in [5.74, 6) is 0.155. The highest BCUT2D eigenvalue weighted by atomic mass is 16.6. The van der Waals surface area contributed by atoms with E-state index < -0.39 is 4.92 Å². The van der Waals surface area contributed by atoms with Crippen molar-refractivity contribution >= 4 is 11.6 Å². The minimum Gasteiger partial charge on any atom is -0.483 e. The first kappa shape index (κ1) is 14.9. The fourth-order valence-electron chi connectivity index (χ4n) is 1.44. The Morgan fingerprint density at radius 1 is 1.53 bits per heavy atom. The summed E-state index contributed by atoms with van der Waals surface area (Å²) in [6.45, 7) is 2.51. The van der Waals surface area contributed by atoms with Gasteiger partial charge in [0.15, 0.2) is 6.61 Å². The van der Waals surface area contributed by atoms with Crippen LogP contribution in [-0.4, -0.2) is 24.0 Å². The van der Waals surface area contributed by atoms with Crippen LogP contribution in [0, 0.1) is 10.1 Å². The van der Waals surface area contributed by atoms with Crippen molar-refractivity contribution < 1.29 is 14.5 Å². The van der Waals surface area contributed by atoms with Crippen LogP contribution in [0.25, 0.3) is 0 Å². The zero-order chi connectivity index (χ0) is 14.3. The molecular formula is C12H17N3O4. The second-order valence-electron chi connectivity index (χ2n) is 3.89. The number of benzene rings is 1. The number of amides is 1. The molecule has 0 aliphatic heterocycles. The molecule has 3 N–H and O–H groups in total. The highest BCUT2D eigenvalue weighted by molar-refractivity contribution is 5.77. The summed E-state index contributed by atoms with van der Waals surface area (Å²) in [5.41, 5.74) is 5.95. The molecule has 7 heteroatoms. The fraction of sp³-hybridized carbons (Fsp3) is 0.417. The number of nitro groups is 1. The quantitative estimate of drug-likeness (QED) is 0.565. The van der Waals surface area contributed by atoms with Gasteiger partial charge in [0.2, 0.25) is 0 Å². The molecular weight excluding hydrogens is 250 g/mol. The molecule has 0 bridgehead atoms. The Morgan fingerprint density at radius 2 is 2.26 bits per heavy atom. The third-order valence-electron chi connectivity index (χ3n) is 2.41. The molecule has 7 nitrogen and oxygen atoms in total. The molecule has 0 aromatic heterocycles. The van der Waals surface area contributed by atoms with Gasteiger partial charge in [-0.2, -0.15) is 0 Å².